The predicted octanol–water partition coefficient (Wildman–Crippen LogP) is 1.10. The van der Waals surface area contributed by atoms with Crippen molar-refractivity contribution in [2.75, 3.05) is 0 Å². The third-order valence-electron chi connectivity index (χ3n) is 3.21. The van der Waals surface area contributed by atoms with E-state index in [-0.39, 0.29) is 0 Å². The highest BCUT2D eigenvalue weighted by Gasteiger charge is 2.11. The molecule has 0 amide bonds. The van der Waals surface area contributed by atoms with E-state index in [9.17, 15) is 0 Å². The Kier molecular flexibility index (Phi) is 5.45. The van der Waals surface area contributed by atoms with Gasteiger partial charge < -0.3 is 17.2 Å². The molecule has 3 heteroatoms. The number of rotatable bonds is 0. The normalized spacial score (nSPS) is 37.5. The van der Waals surface area contributed by atoms with E-state index in [4.69, 9.17) is 17.2 Å². The van der Waals surface area contributed by atoms with Crippen molar-refractivity contribution in [1.29, 1.82) is 0 Å². The molecule has 0 aliphatic heterocycles. The first-order valence-corrected chi connectivity index (χ1v) is 5.95. The molecule has 0 aromatic heterocycles. The number of hydrogen-bond acceptors (Lipinski definition) is 3. The third-order valence-corrected chi connectivity index (χ3v) is 3.21. The van der Waals surface area contributed by atoms with Gasteiger partial charge in [0.05, 0.1) is 0 Å². The van der Waals surface area contributed by atoms with Crippen molar-refractivity contribution in [2.24, 2.45) is 17.2 Å². The average molecular weight is 199 g/mol. The molecule has 1 fully saturated rings. The molecule has 14 heavy (non-hydrogen) atoms. The lowest BCUT2D eigenvalue weighted by atomic mass is 10.0. The van der Waals surface area contributed by atoms with E-state index in [0.717, 1.165) is 38.5 Å². The van der Waals surface area contributed by atoms with Gasteiger partial charge >= 0.3 is 0 Å². The van der Waals surface area contributed by atoms with Gasteiger partial charge in [-0.05, 0) is 38.5 Å². The zero-order chi connectivity index (χ0) is 10.4. The fourth-order valence-electron chi connectivity index (χ4n) is 2.15. The highest BCUT2D eigenvalue weighted by molar-refractivity contribution is 4.72. The summed E-state index contributed by atoms with van der Waals surface area (Å²) >= 11 is 0. The van der Waals surface area contributed by atoms with Gasteiger partial charge in [0.2, 0.25) is 0 Å². The summed E-state index contributed by atoms with van der Waals surface area (Å²) in [5, 5.41) is 0. The average Bonchev–Trinajstić information content (AvgIpc) is 2.16. The van der Waals surface area contributed by atoms with Crippen LogP contribution in [-0.2, 0) is 0 Å². The lowest BCUT2D eigenvalue weighted by Gasteiger charge is -2.13. The maximum absolute atomic E-state index is 5.99. The number of nitrogens with two attached hydrogens (primary N) is 3. The summed E-state index contributed by atoms with van der Waals surface area (Å²) in [6, 6.07) is 1.05. The Morgan fingerprint density at radius 1 is 0.500 bits per heavy atom. The van der Waals surface area contributed by atoms with E-state index >= 15 is 0 Å². The minimum atomic E-state index is 0.339. The highest BCUT2D eigenvalue weighted by atomic mass is 14.7. The van der Waals surface area contributed by atoms with E-state index in [2.05, 4.69) is 0 Å². The van der Waals surface area contributed by atoms with Crippen molar-refractivity contribution in [3.05, 3.63) is 0 Å². The van der Waals surface area contributed by atoms with Crippen molar-refractivity contribution >= 4 is 0 Å². The van der Waals surface area contributed by atoms with Crippen LogP contribution in [-0.4, -0.2) is 18.1 Å². The molecule has 6 N–H and O–H groups in total. The second-order valence-corrected chi connectivity index (χ2v) is 4.72. The minimum Gasteiger partial charge on any atom is -0.328 e. The lowest BCUT2D eigenvalue weighted by molar-refractivity contribution is 0.475. The Balaban J connectivity index is 2.33. The maximum atomic E-state index is 5.99. The van der Waals surface area contributed by atoms with E-state index in [1.165, 1.54) is 12.8 Å². The molecule has 0 aromatic rings. The summed E-state index contributed by atoms with van der Waals surface area (Å²) in [7, 11) is 0. The van der Waals surface area contributed by atoms with E-state index in [1.807, 2.05) is 0 Å². The van der Waals surface area contributed by atoms with Crippen LogP contribution in [0.3, 0.4) is 0 Å². The van der Waals surface area contributed by atoms with Gasteiger partial charge in [0, 0.05) is 18.1 Å². The topological polar surface area (TPSA) is 78.1 Å². The molecule has 0 bridgehead atoms. The molecule has 1 aliphatic carbocycles. The standard InChI is InChI=1S/C11H25N3/c12-9-3-1-5-10(13)7-8-11(14)6-2-4-9/h9-11H,1-8,12-14H2. The summed E-state index contributed by atoms with van der Waals surface area (Å²) < 4.78 is 0. The lowest BCUT2D eigenvalue weighted by Crippen LogP contribution is -2.25. The number of hydrogen-bond donors (Lipinski definition) is 3. The molecule has 3 nitrogen and oxygen atoms in total. The molecule has 0 saturated heterocycles. The molecule has 1 aliphatic rings. The van der Waals surface area contributed by atoms with Gasteiger partial charge in [0.15, 0.2) is 0 Å². The molecular formula is C11H25N3. The predicted molar refractivity (Wildman–Crippen MR) is 60.9 cm³/mol. The molecule has 0 radical (unpaired) electrons. The van der Waals surface area contributed by atoms with Gasteiger partial charge in [-0.25, -0.2) is 0 Å². The quantitative estimate of drug-likeness (QED) is 0.547. The van der Waals surface area contributed by atoms with E-state index in [1.54, 1.807) is 0 Å². The molecule has 1 saturated carbocycles. The second-order valence-electron chi connectivity index (χ2n) is 4.72. The Hall–Kier alpha value is -0.120. The van der Waals surface area contributed by atoms with Crippen LogP contribution in [0, 0.1) is 0 Å². The van der Waals surface area contributed by atoms with E-state index in [0.29, 0.717) is 18.1 Å². The summed E-state index contributed by atoms with van der Waals surface area (Å²) in [6.45, 7) is 0. The van der Waals surface area contributed by atoms with Crippen molar-refractivity contribution < 1.29 is 0 Å². The van der Waals surface area contributed by atoms with Crippen LogP contribution in [0.2, 0.25) is 0 Å². The molecule has 2 atom stereocenters. The van der Waals surface area contributed by atoms with Crippen LogP contribution in [0.4, 0.5) is 0 Å². The van der Waals surface area contributed by atoms with Crippen LogP contribution < -0.4 is 17.2 Å². The molecule has 1 rings (SSSR count). The summed E-state index contributed by atoms with van der Waals surface area (Å²) in [6.07, 6.45) is 8.99. The Labute approximate surface area is 87.4 Å². The van der Waals surface area contributed by atoms with Crippen molar-refractivity contribution in [3.63, 3.8) is 0 Å². The second kappa shape index (κ2) is 6.38. The summed E-state index contributed by atoms with van der Waals surface area (Å²) in [4.78, 5) is 0. The molecule has 0 heterocycles. The monoisotopic (exact) mass is 199 g/mol. The SMILES string of the molecule is NC1CCCC(N)CCC(N)CCC1. The Morgan fingerprint density at radius 3 is 1.14 bits per heavy atom. The van der Waals surface area contributed by atoms with Gasteiger partial charge in [-0.15, -0.1) is 0 Å². The minimum absolute atomic E-state index is 0.339. The molecular weight excluding hydrogens is 174 g/mol. The zero-order valence-electron chi connectivity index (χ0n) is 9.12. The van der Waals surface area contributed by atoms with Gasteiger partial charge in [0.25, 0.3) is 0 Å². The first kappa shape index (κ1) is 12.0. The first-order valence-electron chi connectivity index (χ1n) is 5.95. The smallest absolute Gasteiger partial charge is 0.00394 e. The van der Waals surface area contributed by atoms with Gasteiger partial charge in [-0.1, -0.05) is 12.8 Å². The highest BCUT2D eigenvalue weighted by Crippen LogP contribution is 2.14. The van der Waals surface area contributed by atoms with E-state index < -0.39 is 0 Å². The molecule has 0 aromatic carbocycles. The van der Waals surface area contributed by atoms with Gasteiger partial charge in [0.1, 0.15) is 0 Å². The van der Waals surface area contributed by atoms with Crippen LogP contribution in [0.1, 0.15) is 51.4 Å². The fourth-order valence-corrected chi connectivity index (χ4v) is 2.15. The van der Waals surface area contributed by atoms with Crippen LogP contribution in [0.15, 0.2) is 0 Å². The Morgan fingerprint density at radius 2 is 0.786 bits per heavy atom. The van der Waals surface area contributed by atoms with Crippen LogP contribution in [0.5, 0.6) is 0 Å². The Bertz CT molecular complexity index is 133. The summed E-state index contributed by atoms with van der Waals surface area (Å²) in [5.74, 6) is 0. The van der Waals surface area contributed by atoms with Crippen molar-refractivity contribution in [1.82, 2.24) is 0 Å². The fraction of sp³-hybridized carbons (Fsp3) is 1.00. The van der Waals surface area contributed by atoms with Crippen LogP contribution >= 0.6 is 0 Å². The summed E-state index contributed by atoms with van der Waals surface area (Å²) in [5.41, 5.74) is 18.0. The maximum Gasteiger partial charge on any atom is 0.00394 e. The molecule has 0 spiro atoms. The zero-order valence-corrected chi connectivity index (χ0v) is 9.12. The molecule has 2 unspecified atom stereocenters. The largest absolute Gasteiger partial charge is 0.328 e. The van der Waals surface area contributed by atoms with Crippen LogP contribution in [0.25, 0.3) is 0 Å². The van der Waals surface area contributed by atoms with Gasteiger partial charge in [-0.3, -0.25) is 0 Å². The van der Waals surface area contributed by atoms with Crippen molar-refractivity contribution in [2.45, 2.75) is 69.5 Å². The third kappa shape index (κ3) is 4.94. The van der Waals surface area contributed by atoms with Gasteiger partial charge in [-0.2, -0.15) is 0 Å². The molecule has 84 valence electrons. The first-order chi connectivity index (χ1) is 6.68. The van der Waals surface area contributed by atoms with Crippen molar-refractivity contribution in [3.8, 4) is 0 Å².